The number of amides is 4. The molecule has 0 radical (unpaired) electrons. The van der Waals surface area contributed by atoms with E-state index in [1.165, 1.54) is 30.4 Å². The van der Waals surface area contributed by atoms with E-state index in [-0.39, 0.29) is 47.4 Å². The lowest BCUT2D eigenvalue weighted by Crippen LogP contribution is -2.63. The van der Waals surface area contributed by atoms with Crippen molar-refractivity contribution >= 4 is 34.8 Å². The molecule has 65 heavy (non-hydrogen) atoms. The van der Waals surface area contributed by atoms with E-state index < -0.39 is 29.7 Å². The van der Waals surface area contributed by atoms with Crippen molar-refractivity contribution < 1.29 is 33.8 Å². The highest BCUT2D eigenvalue weighted by Crippen LogP contribution is 2.46. The third kappa shape index (κ3) is 9.62. The van der Waals surface area contributed by atoms with Gasteiger partial charge in [-0.1, -0.05) is 93.6 Å². The predicted molar refractivity (Wildman–Crippen MR) is 249 cm³/mol. The maximum absolute atomic E-state index is 13.6. The molecule has 4 heterocycles. The van der Waals surface area contributed by atoms with Crippen molar-refractivity contribution in [1.29, 1.82) is 0 Å². The molecule has 3 unspecified atom stereocenters. The molecule has 9 rings (SSSR count). The van der Waals surface area contributed by atoms with Gasteiger partial charge in [0.05, 0.1) is 17.3 Å². The van der Waals surface area contributed by atoms with E-state index in [1.807, 2.05) is 18.2 Å². The van der Waals surface area contributed by atoms with Crippen LogP contribution in [0.25, 0.3) is 11.1 Å². The van der Waals surface area contributed by atoms with Crippen molar-refractivity contribution in [2.45, 2.75) is 95.9 Å². The summed E-state index contributed by atoms with van der Waals surface area (Å²) in [5, 5.41) is 16.2. The van der Waals surface area contributed by atoms with E-state index in [0.717, 1.165) is 98.6 Å². The van der Waals surface area contributed by atoms with Crippen LogP contribution in [0.2, 0.25) is 0 Å². The van der Waals surface area contributed by atoms with E-state index >= 15 is 0 Å². The zero-order valence-electron chi connectivity index (χ0n) is 37.4. The van der Waals surface area contributed by atoms with Crippen molar-refractivity contribution in [3.8, 4) is 17.2 Å². The Morgan fingerprint density at radius 1 is 0.754 bits per heavy atom. The Morgan fingerprint density at radius 2 is 1.42 bits per heavy atom. The molecule has 3 atom stereocenters. The van der Waals surface area contributed by atoms with Crippen LogP contribution in [0.5, 0.6) is 17.2 Å². The van der Waals surface area contributed by atoms with Crippen LogP contribution in [0.3, 0.4) is 0 Å². The topological polar surface area (TPSA) is 141 Å². The summed E-state index contributed by atoms with van der Waals surface area (Å²) in [5.41, 5.74) is 6.21. The summed E-state index contributed by atoms with van der Waals surface area (Å²) < 4.78 is 13.2. The average Bonchev–Trinajstić information content (AvgIpc) is 3.56. The molecule has 0 bridgehead atoms. The SMILES string of the molecule is CC/C(=C(\c1ccc(O)cc1)c1ccc(OCCN2CCN(C3CC4(CCCCCCC4)C(Oc4ccc5c(c4)C(=O)N(C4CCC(=O)NC4=O)C5=O)CN3)CC2)cc1)c1ccccc1. The van der Waals surface area contributed by atoms with Crippen molar-refractivity contribution in [1.82, 2.24) is 25.3 Å². The summed E-state index contributed by atoms with van der Waals surface area (Å²) in [5.74, 6) is -0.396. The van der Waals surface area contributed by atoms with E-state index in [4.69, 9.17) is 9.47 Å². The second-order valence-electron chi connectivity index (χ2n) is 18.4. The van der Waals surface area contributed by atoms with Crippen LogP contribution in [-0.2, 0) is 9.59 Å². The summed E-state index contributed by atoms with van der Waals surface area (Å²) in [6.07, 6.45) is 10.4. The number of nitrogens with one attached hydrogen (secondary N) is 2. The normalized spacial score (nSPS) is 23.3. The summed E-state index contributed by atoms with van der Waals surface area (Å²) in [6.45, 7) is 8.17. The largest absolute Gasteiger partial charge is 0.508 e. The number of allylic oxidation sites excluding steroid dienone is 1. The van der Waals surface area contributed by atoms with E-state index in [2.05, 4.69) is 75.9 Å². The molecule has 0 aromatic heterocycles. The Balaban J connectivity index is 0.805. The van der Waals surface area contributed by atoms with Crippen LogP contribution >= 0.6 is 0 Å². The van der Waals surface area contributed by atoms with Crippen molar-refractivity contribution in [3.05, 3.63) is 125 Å². The number of hydrogen-bond donors (Lipinski definition) is 3. The minimum atomic E-state index is -1.00. The van der Waals surface area contributed by atoms with Gasteiger partial charge in [0.1, 0.15) is 36.0 Å². The smallest absolute Gasteiger partial charge is 0.262 e. The van der Waals surface area contributed by atoms with Gasteiger partial charge in [-0.05, 0) is 102 Å². The first-order valence-electron chi connectivity index (χ1n) is 23.7. The Kier molecular flexibility index (Phi) is 13.5. The lowest BCUT2D eigenvalue weighted by molar-refractivity contribution is -0.136. The van der Waals surface area contributed by atoms with Gasteiger partial charge in [-0.15, -0.1) is 0 Å². The monoisotopic (exact) mass is 879 g/mol. The van der Waals surface area contributed by atoms with Gasteiger partial charge in [0.25, 0.3) is 11.8 Å². The van der Waals surface area contributed by atoms with Crippen LogP contribution < -0.4 is 20.1 Å². The minimum Gasteiger partial charge on any atom is -0.508 e. The van der Waals surface area contributed by atoms with E-state index in [1.54, 1.807) is 30.3 Å². The summed E-state index contributed by atoms with van der Waals surface area (Å²) in [4.78, 5) is 57.5. The zero-order valence-corrected chi connectivity index (χ0v) is 37.4. The van der Waals surface area contributed by atoms with Gasteiger partial charge in [-0.25, -0.2) is 0 Å². The summed E-state index contributed by atoms with van der Waals surface area (Å²) >= 11 is 0. The Labute approximate surface area is 382 Å². The third-order valence-corrected chi connectivity index (χ3v) is 14.5. The molecule has 3 N–H and O–H groups in total. The van der Waals surface area contributed by atoms with Gasteiger partial charge in [-0.2, -0.15) is 0 Å². The second-order valence-corrected chi connectivity index (χ2v) is 18.4. The molecule has 1 spiro atoms. The molecule has 340 valence electrons. The van der Waals surface area contributed by atoms with Gasteiger partial charge in [0.15, 0.2) is 0 Å². The quantitative estimate of drug-likeness (QED) is 0.0961. The number of nitrogens with zero attached hydrogens (tertiary/aromatic N) is 3. The fourth-order valence-electron chi connectivity index (χ4n) is 10.9. The highest BCUT2D eigenvalue weighted by molar-refractivity contribution is 6.23. The van der Waals surface area contributed by atoms with Crippen molar-refractivity contribution in [3.63, 3.8) is 0 Å². The molecule has 4 aliphatic heterocycles. The molecule has 12 nitrogen and oxygen atoms in total. The number of piperazine rings is 1. The minimum absolute atomic E-state index is 0.0330. The number of imide groups is 2. The van der Waals surface area contributed by atoms with Crippen LogP contribution in [0.4, 0.5) is 0 Å². The first-order chi connectivity index (χ1) is 31.7. The van der Waals surface area contributed by atoms with Gasteiger partial charge in [-0.3, -0.25) is 44.5 Å². The van der Waals surface area contributed by atoms with E-state index in [0.29, 0.717) is 18.9 Å². The number of fused-ring (bicyclic) bond motifs is 1. The maximum Gasteiger partial charge on any atom is 0.262 e. The molecule has 4 aromatic carbocycles. The highest BCUT2D eigenvalue weighted by atomic mass is 16.5. The van der Waals surface area contributed by atoms with Gasteiger partial charge in [0, 0.05) is 51.1 Å². The number of ether oxygens (including phenoxy) is 2. The molecule has 4 amide bonds. The van der Waals surface area contributed by atoms with Crippen molar-refractivity contribution in [2.75, 3.05) is 45.9 Å². The third-order valence-electron chi connectivity index (χ3n) is 14.5. The molecule has 4 aromatic rings. The number of benzene rings is 4. The Hall–Kier alpha value is -5.82. The molecule has 1 aliphatic carbocycles. The molecule has 12 heteroatoms. The van der Waals surface area contributed by atoms with Crippen LogP contribution in [-0.4, -0.2) is 108 Å². The van der Waals surface area contributed by atoms with Gasteiger partial charge < -0.3 is 14.6 Å². The molecular weight excluding hydrogens is 819 g/mol. The number of hydrogen-bond acceptors (Lipinski definition) is 10. The molecule has 4 fully saturated rings. The fraction of sp³-hybridized carbons (Fsp3) is 0.434. The van der Waals surface area contributed by atoms with Crippen molar-refractivity contribution in [2.24, 2.45) is 5.41 Å². The Morgan fingerprint density at radius 3 is 2.11 bits per heavy atom. The molecular formula is C53H61N5O7. The number of piperidine rings is 2. The van der Waals surface area contributed by atoms with Crippen LogP contribution in [0, 0.1) is 5.41 Å². The number of carbonyl (C=O) groups excluding carboxylic acids is 4. The van der Waals surface area contributed by atoms with Gasteiger partial charge >= 0.3 is 0 Å². The number of phenolic OH excluding ortho intramolecular Hbond substituents is 1. The number of rotatable bonds is 12. The summed E-state index contributed by atoms with van der Waals surface area (Å²) in [7, 11) is 0. The number of carbonyl (C=O) groups is 4. The zero-order chi connectivity index (χ0) is 44.9. The lowest BCUT2D eigenvalue weighted by Gasteiger charge is -2.51. The average molecular weight is 880 g/mol. The summed E-state index contributed by atoms with van der Waals surface area (Å²) in [6, 6.07) is 30.4. The van der Waals surface area contributed by atoms with Gasteiger partial charge in [0.2, 0.25) is 11.8 Å². The lowest BCUT2D eigenvalue weighted by atomic mass is 9.67. The van der Waals surface area contributed by atoms with Crippen LogP contribution in [0.15, 0.2) is 97.1 Å². The second kappa shape index (κ2) is 19.7. The predicted octanol–water partition coefficient (Wildman–Crippen LogP) is 7.66. The number of aromatic hydroxyl groups is 1. The Bertz CT molecular complexity index is 2390. The number of phenols is 1. The van der Waals surface area contributed by atoms with E-state index in [9.17, 15) is 24.3 Å². The first-order valence-corrected chi connectivity index (χ1v) is 23.7. The highest BCUT2D eigenvalue weighted by Gasteiger charge is 2.48. The first kappa shape index (κ1) is 44.4. The van der Waals surface area contributed by atoms with Crippen LogP contribution in [0.1, 0.15) is 115 Å². The standard InChI is InChI=1S/C53H61N5O7/c1-2-42(36-11-7-6-8-12-36)49(37-13-17-39(59)18-14-37)38-15-19-40(20-16-38)64-32-31-56-27-29-57(30-28-56)47-34-53(25-9-4-3-5-10-26-53)46(35-54-47)65-41-21-22-43-44(33-41)52(63)58(51(43)62)45-23-24-48(60)55-50(45)61/h6-8,11-22,33,45-47,54,59H,2-5,9-10,23-32,34-35H2,1H3,(H,55,60,61)/b49-42-. The molecule has 1 saturated carbocycles. The molecule has 5 aliphatic rings. The molecule has 3 saturated heterocycles. The fourth-order valence-corrected chi connectivity index (χ4v) is 10.9. The maximum atomic E-state index is 13.6.